The number of benzene rings is 1. The first kappa shape index (κ1) is 14.1. The Labute approximate surface area is 105 Å². The molecule has 1 aromatic carbocycles. The lowest BCUT2D eigenvalue weighted by Gasteiger charge is -2.12. The lowest BCUT2D eigenvalue weighted by molar-refractivity contribution is -0.274. The maximum atomic E-state index is 12.0. The summed E-state index contributed by atoms with van der Waals surface area (Å²) in [5.74, 6) is -1.19. The van der Waals surface area contributed by atoms with Crippen molar-refractivity contribution in [2.75, 3.05) is 0 Å². The molecule has 94 valence electrons. The molecule has 1 unspecified atom stereocenters. The van der Waals surface area contributed by atoms with Gasteiger partial charge in [0.15, 0.2) is 5.78 Å². The number of ether oxygens (including phenoxy) is 1. The molecule has 0 saturated carbocycles. The van der Waals surface area contributed by atoms with Crippen LogP contribution < -0.4 is 4.74 Å². The monoisotopic (exact) mass is 286 g/mol. The first-order valence-electron chi connectivity index (χ1n) is 4.45. The highest BCUT2D eigenvalue weighted by Gasteiger charge is 2.32. The third kappa shape index (κ3) is 3.78. The van der Waals surface area contributed by atoms with E-state index in [1.165, 1.54) is 19.1 Å². The molecule has 0 aliphatic rings. The van der Waals surface area contributed by atoms with Crippen molar-refractivity contribution >= 4 is 29.0 Å². The fourth-order valence-electron chi connectivity index (χ4n) is 1.12. The SMILES string of the molecule is CC(Cl)C(=O)c1cccc(OC(F)(F)F)c1Cl. The van der Waals surface area contributed by atoms with Crippen molar-refractivity contribution in [1.29, 1.82) is 0 Å². The van der Waals surface area contributed by atoms with E-state index in [1.54, 1.807) is 0 Å². The van der Waals surface area contributed by atoms with E-state index in [-0.39, 0.29) is 5.56 Å². The summed E-state index contributed by atoms with van der Waals surface area (Å²) in [4.78, 5) is 11.5. The summed E-state index contributed by atoms with van der Waals surface area (Å²) < 4.78 is 39.7. The van der Waals surface area contributed by atoms with Crippen LogP contribution in [0.15, 0.2) is 18.2 Å². The van der Waals surface area contributed by atoms with Crippen LogP contribution in [0.3, 0.4) is 0 Å². The molecule has 0 saturated heterocycles. The molecule has 0 fully saturated rings. The normalized spacial score (nSPS) is 13.3. The van der Waals surface area contributed by atoms with Gasteiger partial charge in [-0.3, -0.25) is 4.79 Å². The summed E-state index contributed by atoms with van der Waals surface area (Å²) in [5, 5.41) is -1.28. The summed E-state index contributed by atoms with van der Waals surface area (Å²) in [6.45, 7) is 1.40. The average molecular weight is 287 g/mol. The van der Waals surface area contributed by atoms with Gasteiger partial charge in [0, 0.05) is 5.56 Å². The van der Waals surface area contributed by atoms with Gasteiger partial charge in [0.25, 0.3) is 0 Å². The van der Waals surface area contributed by atoms with E-state index in [4.69, 9.17) is 23.2 Å². The van der Waals surface area contributed by atoms with Crippen LogP contribution in [0.25, 0.3) is 0 Å². The smallest absolute Gasteiger partial charge is 0.404 e. The zero-order valence-electron chi connectivity index (χ0n) is 8.52. The largest absolute Gasteiger partial charge is 0.573 e. The standard InChI is InChI=1S/C10H7Cl2F3O2/c1-5(11)9(16)6-3-2-4-7(8(6)12)17-10(13,14)15/h2-5H,1H3. The molecule has 0 spiro atoms. The minimum Gasteiger partial charge on any atom is -0.404 e. The predicted octanol–water partition coefficient (Wildman–Crippen LogP) is 4.05. The van der Waals surface area contributed by atoms with E-state index in [2.05, 4.69) is 4.74 Å². The van der Waals surface area contributed by atoms with Crippen molar-refractivity contribution in [2.45, 2.75) is 18.7 Å². The second kappa shape index (κ2) is 5.14. The van der Waals surface area contributed by atoms with Crippen molar-refractivity contribution in [3.63, 3.8) is 0 Å². The summed E-state index contributed by atoms with van der Waals surface area (Å²) >= 11 is 11.2. The van der Waals surface area contributed by atoms with E-state index in [0.717, 1.165) is 6.07 Å². The van der Waals surface area contributed by atoms with Gasteiger partial charge in [0.2, 0.25) is 0 Å². The van der Waals surface area contributed by atoms with Crippen molar-refractivity contribution < 1.29 is 22.7 Å². The Balaban J connectivity index is 3.12. The molecule has 1 atom stereocenters. The molecule has 0 aliphatic heterocycles. The molecular formula is C10H7Cl2F3O2. The number of ketones is 1. The first-order valence-corrected chi connectivity index (χ1v) is 5.26. The number of rotatable bonds is 3. The lowest BCUT2D eigenvalue weighted by Crippen LogP contribution is -2.18. The fourth-order valence-corrected chi connectivity index (χ4v) is 1.49. The minimum atomic E-state index is -4.86. The third-order valence-corrected chi connectivity index (χ3v) is 2.40. The predicted molar refractivity (Wildman–Crippen MR) is 57.8 cm³/mol. The summed E-state index contributed by atoms with van der Waals surface area (Å²) in [5.41, 5.74) is -0.101. The molecule has 0 aromatic heterocycles. The Kier molecular flexibility index (Phi) is 4.27. The Morgan fingerprint density at radius 2 is 2.00 bits per heavy atom. The van der Waals surface area contributed by atoms with Crippen molar-refractivity contribution in [3.05, 3.63) is 28.8 Å². The molecule has 0 N–H and O–H groups in total. The van der Waals surface area contributed by atoms with E-state index < -0.39 is 28.3 Å². The Hall–Kier alpha value is -0.940. The zero-order valence-corrected chi connectivity index (χ0v) is 10.0. The number of carbonyl (C=O) groups excluding carboxylic acids is 1. The zero-order chi connectivity index (χ0) is 13.2. The first-order chi connectivity index (χ1) is 7.72. The Morgan fingerprint density at radius 1 is 1.41 bits per heavy atom. The number of hydrogen-bond donors (Lipinski definition) is 0. The van der Waals surface area contributed by atoms with Gasteiger partial charge in [-0.1, -0.05) is 17.7 Å². The molecule has 0 heterocycles. The highest BCUT2D eigenvalue weighted by molar-refractivity contribution is 6.39. The van der Waals surface area contributed by atoms with Gasteiger partial charge < -0.3 is 4.74 Å². The summed E-state index contributed by atoms with van der Waals surface area (Å²) in [7, 11) is 0. The van der Waals surface area contributed by atoms with Gasteiger partial charge in [-0.2, -0.15) is 0 Å². The fraction of sp³-hybridized carbons (Fsp3) is 0.300. The van der Waals surface area contributed by atoms with Gasteiger partial charge in [0.1, 0.15) is 5.75 Å². The summed E-state index contributed by atoms with van der Waals surface area (Å²) in [6, 6.07) is 3.54. The van der Waals surface area contributed by atoms with Crippen LogP contribution in [0.2, 0.25) is 5.02 Å². The topological polar surface area (TPSA) is 26.3 Å². The van der Waals surface area contributed by atoms with Crippen LogP contribution >= 0.6 is 23.2 Å². The van der Waals surface area contributed by atoms with E-state index in [1.807, 2.05) is 0 Å². The van der Waals surface area contributed by atoms with E-state index >= 15 is 0 Å². The molecule has 0 bridgehead atoms. The van der Waals surface area contributed by atoms with Crippen LogP contribution in [0.5, 0.6) is 5.75 Å². The Morgan fingerprint density at radius 3 is 2.47 bits per heavy atom. The number of Topliss-reactive ketones (excluding diaryl/α,β-unsaturated/α-hetero) is 1. The number of halogens is 5. The Bertz CT molecular complexity index is 430. The molecule has 17 heavy (non-hydrogen) atoms. The summed E-state index contributed by atoms with van der Waals surface area (Å²) in [6.07, 6.45) is -4.86. The number of alkyl halides is 4. The molecule has 2 nitrogen and oxygen atoms in total. The van der Waals surface area contributed by atoms with Gasteiger partial charge in [-0.05, 0) is 19.1 Å². The highest BCUT2D eigenvalue weighted by Crippen LogP contribution is 2.33. The third-order valence-electron chi connectivity index (χ3n) is 1.82. The number of hydrogen-bond acceptors (Lipinski definition) is 2. The molecular weight excluding hydrogens is 280 g/mol. The minimum absolute atomic E-state index is 0.101. The van der Waals surface area contributed by atoms with E-state index in [0.29, 0.717) is 0 Å². The number of carbonyl (C=O) groups is 1. The maximum Gasteiger partial charge on any atom is 0.573 e. The van der Waals surface area contributed by atoms with E-state index in [9.17, 15) is 18.0 Å². The maximum absolute atomic E-state index is 12.0. The van der Waals surface area contributed by atoms with Crippen molar-refractivity contribution in [3.8, 4) is 5.75 Å². The molecule has 0 aliphatic carbocycles. The van der Waals surface area contributed by atoms with Crippen molar-refractivity contribution in [1.82, 2.24) is 0 Å². The van der Waals surface area contributed by atoms with Crippen LogP contribution in [0.1, 0.15) is 17.3 Å². The van der Waals surface area contributed by atoms with Crippen LogP contribution in [0, 0.1) is 0 Å². The quantitative estimate of drug-likeness (QED) is 0.619. The molecule has 7 heteroatoms. The van der Waals surface area contributed by atoms with Crippen molar-refractivity contribution in [2.24, 2.45) is 0 Å². The highest BCUT2D eigenvalue weighted by atomic mass is 35.5. The molecule has 0 radical (unpaired) electrons. The second-order valence-electron chi connectivity index (χ2n) is 3.15. The van der Waals surface area contributed by atoms with Crippen LogP contribution in [-0.2, 0) is 0 Å². The molecule has 1 rings (SSSR count). The lowest BCUT2D eigenvalue weighted by atomic mass is 10.1. The van der Waals surface area contributed by atoms with Crippen LogP contribution in [0.4, 0.5) is 13.2 Å². The molecule has 0 amide bonds. The van der Waals surface area contributed by atoms with Crippen LogP contribution in [-0.4, -0.2) is 17.5 Å². The molecule has 1 aromatic rings. The second-order valence-corrected chi connectivity index (χ2v) is 4.18. The average Bonchev–Trinajstić information content (AvgIpc) is 2.18. The van der Waals surface area contributed by atoms with Gasteiger partial charge >= 0.3 is 6.36 Å². The van der Waals surface area contributed by atoms with Gasteiger partial charge in [0.05, 0.1) is 10.4 Å². The van der Waals surface area contributed by atoms with Gasteiger partial charge in [-0.25, -0.2) is 0 Å². The van der Waals surface area contributed by atoms with Gasteiger partial charge in [-0.15, -0.1) is 24.8 Å².